The molecule has 0 unspecified atom stereocenters. The van der Waals surface area contributed by atoms with Crippen LogP contribution >= 0.6 is 0 Å². The average molecular weight is 494 g/mol. The molecule has 0 saturated heterocycles. The van der Waals surface area contributed by atoms with Crippen LogP contribution in [0.4, 0.5) is 5.69 Å². The summed E-state index contributed by atoms with van der Waals surface area (Å²) < 4.78 is 37.4. The van der Waals surface area contributed by atoms with Gasteiger partial charge in [0.15, 0.2) is 11.5 Å². The molecule has 35 heavy (non-hydrogen) atoms. The lowest BCUT2D eigenvalue weighted by Crippen LogP contribution is -2.29. The molecule has 3 aromatic carbocycles. The summed E-state index contributed by atoms with van der Waals surface area (Å²) in [5.41, 5.74) is 6.69. The lowest BCUT2D eigenvalue weighted by atomic mass is 10.1. The van der Waals surface area contributed by atoms with E-state index in [-0.39, 0.29) is 6.54 Å². The Hall–Kier alpha value is -3.85. The standard InChI is InChI=1S/C26H27N3O5S/c1-18-6-4-5-7-22(18)17-29(35(3,31)32)23-11-8-20(9-12-23)26(30)28-27-19(2)21-10-13-24-25(16-21)34-15-14-33-24/h4-13,16H,14-15,17H2,1-3H3,(H,28,30)/b27-19-. The first-order valence-electron chi connectivity index (χ1n) is 11.1. The summed E-state index contributed by atoms with van der Waals surface area (Å²) >= 11 is 0. The summed E-state index contributed by atoms with van der Waals surface area (Å²) in [4.78, 5) is 12.6. The molecule has 0 saturated carbocycles. The number of anilines is 1. The molecule has 1 heterocycles. The van der Waals surface area contributed by atoms with Crippen LogP contribution in [0, 0.1) is 6.92 Å². The number of amides is 1. The van der Waals surface area contributed by atoms with E-state index < -0.39 is 15.9 Å². The van der Waals surface area contributed by atoms with Gasteiger partial charge in [0.05, 0.1) is 24.2 Å². The number of hydrogen-bond acceptors (Lipinski definition) is 6. The zero-order chi connectivity index (χ0) is 25.0. The first-order valence-corrected chi connectivity index (χ1v) is 12.9. The fourth-order valence-corrected chi connectivity index (χ4v) is 4.53. The van der Waals surface area contributed by atoms with Gasteiger partial charge >= 0.3 is 0 Å². The minimum atomic E-state index is -3.53. The molecule has 8 nitrogen and oxygen atoms in total. The first-order chi connectivity index (χ1) is 16.7. The van der Waals surface area contributed by atoms with Crippen LogP contribution in [0.25, 0.3) is 0 Å². The third-order valence-corrected chi connectivity index (χ3v) is 6.82. The van der Waals surface area contributed by atoms with E-state index >= 15 is 0 Å². The molecular formula is C26H27N3O5S. The second-order valence-corrected chi connectivity index (χ2v) is 10.1. The number of rotatable bonds is 7. The van der Waals surface area contributed by atoms with Crippen molar-refractivity contribution in [2.45, 2.75) is 20.4 Å². The number of carbonyl (C=O) groups excluding carboxylic acids is 1. The van der Waals surface area contributed by atoms with Crippen LogP contribution in [0.15, 0.2) is 71.8 Å². The van der Waals surface area contributed by atoms with Crippen molar-refractivity contribution in [3.05, 3.63) is 89.0 Å². The van der Waals surface area contributed by atoms with E-state index in [0.717, 1.165) is 16.7 Å². The minimum Gasteiger partial charge on any atom is -0.486 e. The fraction of sp³-hybridized carbons (Fsp3) is 0.231. The van der Waals surface area contributed by atoms with Crippen molar-refractivity contribution >= 4 is 27.3 Å². The van der Waals surface area contributed by atoms with Crippen molar-refractivity contribution in [2.24, 2.45) is 5.10 Å². The van der Waals surface area contributed by atoms with Crippen LogP contribution in [0.5, 0.6) is 11.5 Å². The Kier molecular flexibility index (Phi) is 7.07. The van der Waals surface area contributed by atoms with E-state index in [4.69, 9.17) is 9.47 Å². The van der Waals surface area contributed by atoms with Crippen LogP contribution in [-0.4, -0.2) is 39.5 Å². The van der Waals surface area contributed by atoms with Gasteiger partial charge < -0.3 is 9.47 Å². The van der Waals surface area contributed by atoms with E-state index in [0.29, 0.717) is 41.7 Å². The van der Waals surface area contributed by atoms with Crippen molar-refractivity contribution in [3.63, 3.8) is 0 Å². The minimum absolute atomic E-state index is 0.204. The SMILES string of the molecule is C/C(=N/NC(=O)c1ccc(N(Cc2ccccc2C)S(C)(=O)=O)cc1)c1ccc2c(c1)OCCO2. The van der Waals surface area contributed by atoms with E-state index in [9.17, 15) is 13.2 Å². The molecule has 0 aromatic heterocycles. The van der Waals surface area contributed by atoms with E-state index in [2.05, 4.69) is 10.5 Å². The van der Waals surface area contributed by atoms with E-state index in [1.54, 1.807) is 31.2 Å². The Morgan fingerprint density at radius 1 is 0.971 bits per heavy atom. The zero-order valence-corrected chi connectivity index (χ0v) is 20.6. The highest BCUT2D eigenvalue weighted by Gasteiger charge is 2.19. The van der Waals surface area contributed by atoms with Crippen LogP contribution in [0.2, 0.25) is 0 Å². The van der Waals surface area contributed by atoms with Gasteiger partial charge in [-0.05, 0) is 67.4 Å². The molecule has 182 valence electrons. The number of aryl methyl sites for hydroxylation is 1. The molecule has 1 aliphatic heterocycles. The summed E-state index contributed by atoms with van der Waals surface area (Å²) in [7, 11) is -3.53. The molecule has 1 amide bonds. The van der Waals surface area contributed by atoms with Gasteiger partial charge in [-0.15, -0.1) is 0 Å². The molecule has 0 atom stereocenters. The molecule has 0 spiro atoms. The number of nitrogens with one attached hydrogen (secondary N) is 1. The molecule has 4 rings (SSSR count). The van der Waals surface area contributed by atoms with Gasteiger partial charge in [0.1, 0.15) is 13.2 Å². The van der Waals surface area contributed by atoms with Gasteiger partial charge in [0, 0.05) is 11.1 Å². The molecule has 1 N–H and O–H groups in total. The van der Waals surface area contributed by atoms with Gasteiger partial charge in [0.25, 0.3) is 5.91 Å². The summed E-state index contributed by atoms with van der Waals surface area (Å²) in [6.07, 6.45) is 1.17. The number of carbonyl (C=O) groups is 1. The maximum Gasteiger partial charge on any atom is 0.271 e. The summed E-state index contributed by atoms with van der Waals surface area (Å²) in [5, 5.41) is 4.20. The zero-order valence-electron chi connectivity index (χ0n) is 19.8. The van der Waals surface area contributed by atoms with E-state index in [1.165, 1.54) is 10.6 Å². The van der Waals surface area contributed by atoms with Gasteiger partial charge in [0.2, 0.25) is 10.0 Å². The second kappa shape index (κ2) is 10.2. The predicted molar refractivity (Wildman–Crippen MR) is 136 cm³/mol. The highest BCUT2D eigenvalue weighted by Crippen LogP contribution is 2.31. The third-order valence-electron chi connectivity index (χ3n) is 5.68. The normalized spacial score (nSPS) is 13.3. The Labute approximate surface area is 205 Å². The molecule has 3 aromatic rings. The monoisotopic (exact) mass is 493 g/mol. The number of nitrogens with zero attached hydrogens (tertiary/aromatic N) is 2. The molecular weight excluding hydrogens is 466 g/mol. The fourth-order valence-electron chi connectivity index (χ4n) is 3.65. The van der Waals surface area contributed by atoms with Crippen molar-refractivity contribution < 1.29 is 22.7 Å². The number of fused-ring (bicyclic) bond motifs is 1. The smallest absolute Gasteiger partial charge is 0.271 e. The molecule has 9 heteroatoms. The molecule has 0 bridgehead atoms. The maximum absolute atomic E-state index is 12.6. The highest BCUT2D eigenvalue weighted by molar-refractivity contribution is 7.92. The lowest BCUT2D eigenvalue weighted by Gasteiger charge is -2.23. The Balaban J connectivity index is 1.47. The van der Waals surface area contributed by atoms with Crippen molar-refractivity contribution in [2.75, 3.05) is 23.8 Å². The molecule has 0 fully saturated rings. The predicted octanol–water partition coefficient (Wildman–Crippen LogP) is 3.89. The third kappa shape index (κ3) is 5.81. The summed E-state index contributed by atoms with van der Waals surface area (Å²) in [6, 6.07) is 19.5. The van der Waals surface area contributed by atoms with E-state index in [1.807, 2.05) is 49.4 Å². The number of sulfonamides is 1. The van der Waals surface area contributed by atoms with Crippen molar-refractivity contribution in [3.8, 4) is 11.5 Å². The topological polar surface area (TPSA) is 97.3 Å². The number of hydrogen-bond donors (Lipinski definition) is 1. The Bertz CT molecular complexity index is 1370. The Morgan fingerprint density at radius 2 is 1.63 bits per heavy atom. The van der Waals surface area contributed by atoms with Crippen LogP contribution in [-0.2, 0) is 16.6 Å². The summed E-state index contributed by atoms with van der Waals surface area (Å²) in [5.74, 6) is 0.923. The van der Waals surface area contributed by atoms with Crippen molar-refractivity contribution in [1.29, 1.82) is 0 Å². The first kappa shape index (κ1) is 24.3. The molecule has 0 radical (unpaired) electrons. The highest BCUT2D eigenvalue weighted by atomic mass is 32.2. The van der Waals surface area contributed by atoms with Crippen LogP contribution in [0.3, 0.4) is 0 Å². The molecule has 1 aliphatic rings. The number of benzene rings is 3. The second-order valence-electron chi connectivity index (χ2n) is 8.24. The maximum atomic E-state index is 12.6. The summed E-state index contributed by atoms with van der Waals surface area (Å²) in [6.45, 7) is 4.93. The van der Waals surface area contributed by atoms with Gasteiger partial charge in [-0.2, -0.15) is 5.10 Å². The lowest BCUT2D eigenvalue weighted by molar-refractivity contribution is 0.0955. The average Bonchev–Trinajstić information content (AvgIpc) is 2.85. The number of hydrazone groups is 1. The van der Waals surface area contributed by atoms with Gasteiger partial charge in [-0.1, -0.05) is 24.3 Å². The van der Waals surface area contributed by atoms with Crippen molar-refractivity contribution in [1.82, 2.24) is 5.43 Å². The largest absolute Gasteiger partial charge is 0.486 e. The quantitative estimate of drug-likeness (QED) is 0.398. The Morgan fingerprint density at radius 3 is 2.31 bits per heavy atom. The molecule has 0 aliphatic carbocycles. The van der Waals surface area contributed by atoms with Crippen LogP contribution in [0.1, 0.15) is 34.0 Å². The van der Waals surface area contributed by atoms with Gasteiger partial charge in [-0.3, -0.25) is 9.10 Å². The van der Waals surface area contributed by atoms with Crippen LogP contribution < -0.4 is 19.2 Å². The number of ether oxygens (including phenoxy) is 2. The van der Waals surface area contributed by atoms with Gasteiger partial charge in [-0.25, -0.2) is 13.8 Å².